The first-order chi connectivity index (χ1) is 16.5. The molecule has 0 aliphatic carbocycles. The number of aliphatic carboxylic acids is 1. The number of guanidine groups is 1. The van der Waals surface area contributed by atoms with Gasteiger partial charge >= 0.3 is 5.97 Å². The number of hydrogen-bond acceptors (Lipinski definition) is 9. The lowest BCUT2D eigenvalue weighted by molar-refractivity contribution is -0.145. The van der Waals surface area contributed by atoms with Crippen molar-refractivity contribution in [1.82, 2.24) is 25.9 Å². The van der Waals surface area contributed by atoms with Gasteiger partial charge in [0.15, 0.2) is 12.0 Å². The van der Waals surface area contributed by atoms with Crippen molar-refractivity contribution in [2.75, 3.05) is 12.3 Å². The maximum atomic E-state index is 13.1. The normalized spacial score (nSPS) is 15.1. The number of H-pyrrole nitrogens is 1. The predicted octanol–water partition coefficient (Wildman–Crippen LogP) is -3.82. The number of aromatic nitrogens is 2. The van der Waals surface area contributed by atoms with E-state index in [0.717, 1.165) is 0 Å². The number of thiol groups is 1. The van der Waals surface area contributed by atoms with Gasteiger partial charge in [0.1, 0.15) is 12.1 Å². The Hall–Kier alpha value is -3.37. The van der Waals surface area contributed by atoms with Crippen molar-refractivity contribution in [3.8, 4) is 0 Å². The highest BCUT2D eigenvalue weighted by molar-refractivity contribution is 7.80. The van der Waals surface area contributed by atoms with E-state index in [1.54, 1.807) is 0 Å². The van der Waals surface area contributed by atoms with E-state index in [-0.39, 0.29) is 31.1 Å². The molecule has 5 unspecified atom stereocenters. The Balaban J connectivity index is 3.07. The van der Waals surface area contributed by atoms with Crippen molar-refractivity contribution in [3.05, 3.63) is 18.2 Å². The first-order valence-corrected chi connectivity index (χ1v) is 11.3. The van der Waals surface area contributed by atoms with Gasteiger partial charge in [0.25, 0.3) is 0 Å². The lowest BCUT2D eigenvalue weighted by atomic mass is 10.1. The number of aromatic amines is 1. The fraction of sp³-hybridized carbons (Fsp3) is 0.579. The van der Waals surface area contributed by atoms with Crippen LogP contribution in [0.5, 0.6) is 0 Å². The van der Waals surface area contributed by atoms with E-state index in [9.17, 15) is 29.4 Å². The summed E-state index contributed by atoms with van der Waals surface area (Å²) in [6.07, 6.45) is 1.74. The molecule has 0 radical (unpaired) electrons. The number of carbonyl (C=O) groups excluding carboxylic acids is 3. The van der Waals surface area contributed by atoms with Crippen LogP contribution in [-0.2, 0) is 25.6 Å². The van der Waals surface area contributed by atoms with Crippen LogP contribution in [0.15, 0.2) is 17.5 Å². The maximum Gasteiger partial charge on any atom is 0.328 e. The summed E-state index contributed by atoms with van der Waals surface area (Å²) >= 11 is 3.97. The molecular formula is C19H33N9O6S. The monoisotopic (exact) mass is 515 g/mol. The number of nitrogens with zero attached hydrogens (tertiary/aromatic N) is 2. The van der Waals surface area contributed by atoms with E-state index in [2.05, 4.69) is 43.5 Å². The highest BCUT2D eigenvalue weighted by Crippen LogP contribution is 2.05. The summed E-state index contributed by atoms with van der Waals surface area (Å²) < 4.78 is 0. The summed E-state index contributed by atoms with van der Waals surface area (Å²) in [5, 5.41) is 26.2. The minimum atomic E-state index is -1.60. The molecule has 0 aromatic carbocycles. The number of hydrogen-bond donors (Lipinski definition) is 10. The molecule has 0 bridgehead atoms. The number of nitrogens with one attached hydrogen (secondary N) is 4. The second-order valence-electron chi connectivity index (χ2n) is 7.71. The van der Waals surface area contributed by atoms with Crippen molar-refractivity contribution in [2.24, 2.45) is 22.2 Å². The third kappa shape index (κ3) is 10.6. The molecule has 1 heterocycles. The fourth-order valence-electron chi connectivity index (χ4n) is 2.87. The van der Waals surface area contributed by atoms with Crippen molar-refractivity contribution >= 4 is 42.3 Å². The lowest BCUT2D eigenvalue weighted by Gasteiger charge is -2.25. The third-order valence-electron chi connectivity index (χ3n) is 4.77. The Labute approximate surface area is 207 Å². The molecule has 12 N–H and O–H groups in total. The van der Waals surface area contributed by atoms with Gasteiger partial charge < -0.3 is 48.3 Å². The molecule has 0 spiro atoms. The molecule has 15 nitrogen and oxygen atoms in total. The molecule has 0 aliphatic heterocycles. The molecule has 16 heteroatoms. The molecule has 35 heavy (non-hydrogen) atoms. The molecule has 1 rings (SSSR count). The Morgan fingerprint density at radius 2 is 1.77 bits per heavy atom. The van der Waals surface area contributed by atoms with Crippen LogP contribution in [0.4, 0.5) is 0 Å². The van der Waals surface area contributed by atoms with Gasteiger partial charge in [0.2, 0.25) is 17.7 Å². The molecule has 3 amide bonds. The largest absolute Gasteiger partial charge is 0.480 e. The molecule has 0 saturated carbocycles. The van der Waals surface area contributed by atoms with Gasteiger partial charge in [0, 0.05) is 30.6 Å². The van der Waals surface area contributed by atoms with Gasteiger partial charge in [-0.1, -0.05) is 0 Å². The van der Waals surface area contributed by atoms with E-state index in [0.29, 0.717) is 12.1 Å². The van der Waals surface area contributed by atoms with Gasteiger partial charge in [-0.3, -0.25) is 19.4 Å². The smallest absolute Gasteiger partial charge is 0.328 e. The topological polar surface area (TPSA) is 264 Å². The third-order valence-corrected chi connectivity index (χ3v) is 5.16. The zero-order chi connectivity index (χ0) is 26.5. The summed E-state index contributed by atoms with van der Waals surface area (Å²) in [6.45, 7) is 1.39. The lowest BCUT2D eigenvalue weighted by Crippen LogP contribution is -2.59. The molecule has 0 saturated heterocycles. The van der Waals surface area contributed by atoms with E-state index in [1.807, 2.05) is 0 Å². The Morgan fingerprint density at radius 3 is 2.29 bits per heavy atom. The Kier molecular flexibility index (Phi) is 12.5. The second-order valence-corrected chi connectivity index (χ2v) is 8.07. The zero-order valence-electron chi connectivity index (χ0n) is 19.2. The highest BCUT2D eigenvalue weighted by Gasteiger charge is 2.32. The van der Waals surface area contributed by atoms with Gasteiger partial charge in [-0.2, -0.15) is 12.6 Å². The van der Waals surface area contributed by atoms with Gasteiger partial charge in [-0.25, -0.2) is 9.78 Å². The average Bonchev–Trinajstić information content (AvgIpc) is 3.30. The molecule has 1 aromatic heterocycles. The number of aliphatic imine (C=N–C) groups is 1. The van der Waals surface area contributed by atoms with Gasteiger partial charge in [-0.15, -0.1) is 0 Å². The van der Waals surface area contributed by atoms with Crippen molar-refractivity contribution in [1.29, 1.82) is 0 Å². The van der Waals surface area contributed by atoms with Crippen LogP contribution in [0.1, 0.15) is 25.5 Å². The summed E-state index contributed by atoms with van der Waals surface area (Å²) in [4.78, 5) is 60.1. The Morgan fingerprint density at radius 1 is 1.14 bits per heavy atom. The maximum absolute atomic E-state index is 13.1. The number of rotatable bonds is 15. The second kappa shape index (κ2) is 14.8. The number of carboxylic acid groups (broad SMARTS) is 1. The van der Waals surface area contributed by atoms with Crippen LogP contribution in [0.2, 0.25) is 0 Å². The van der Waals surface area contributed by atoms with Gasteiger partial charge in [-0.05, 0) is 19.8 Å². The van der Waals surface area contributed by atoms with Crippen LogP contribution in [-0.4, -0.2) is 92.4 Å². The van der Waals surface area contributed by atoms with Crippen LogP contribution in [0, 0.1) is 0 Å². The van der Waals surface area contributed by atoms with E-state index < -0.39 is 54.0 Å². The zero-order valence-corrected chi connectivity index (χ0v) is 20.1. The van der Waals surface area contributed by atoms with Crippen LogP contribution in [0.25, 0.3) is 0 Å². The van der Waals surface area contributed by atoms with E-state index in [4.69, 9.17) is 17.2 Å². The summed E-state index contributed by atoms with van der Waals surface area (Å²) in [7, 11) is 0. The quantitative estimate of drug-likeness (QED) is 0.0470. The summed E-state index contributed by atoms with van der Waals surface area (Å²) in [6, 6.07) is -4.95. The van der Waals surface area contributed by atoms with Gasteiger partial charge in [0.05, 0.1) is 18.5 Å². The first-order valence-electron chi connectivity index (χ1n) is 10.7. The van der Waals surface area contributed by atoms with E-state index in [1.165, 1.54) is 19.4 Å². The number of carbonyl (C=O) groups is 4. The minimum absolute atomic E-state index is 0.0367. The Bertz CT molecular complexity index is 876. The standard InChI is InChI=1S/C19H33N9O6S/c1-9(29)14(18(33)34)28-17(32)13(5-10-6-23-8-25-10)27-16(31)12(3-2-4-24-19(21)22)26-15(30)11(20)7-35/h6,8-9,11-14,29,35H,2-5,7,20H2,1H3,(H,23,25)(H,26,30)(H,27,31)(H,28,32)(H,33,34)(H4,21,22,24). The predicted molar refractivity (Wildman–Crippen MR) is 129 cm³/mol. The average molecular weight is 516 g/mol. The number of carboxylic acids is 1. The van der Waals surface area contributed by atoms with Crippen LogP contribution in [0.3, 0.4) is 0 Å². The van der Waals surface area contributed by atoms with E-state index >= 15 is 0 Å². The number of amides is 3. The fourth-order valence-corrected chi connectivity index (χ4v) is 3.04. The number of aliphatic hydroxyl groups is 1. The number of nitrogens with two attached hydrogens (primary N) is 3. The number of imidazole rings is 1. The van der Waals surface area contributed by atoms with Crippen molar-refractivity contribution in [2.45, 2.75) is 56.5 Å². The minimum Gasteiger partial charge on any atom is -0.480 e. The molecular weight excluding hydrogens is 482 g/mol. The van der Waals surface area contributed by atoms with Crippen molar-refractivity contribution < 1.29 is 29.4 Å². The molecule has 0 aliphatic rings. The summed E-state index contributed by atoms with van der Waals surface area (Å²) in [5.74, 6) is -3.76. The summed E-state index contributed by atoms with van der Waals surface area (Å²) in [5.41, 5.74) is 16.7. The first kappa shape index (κ1) is 29.7. The van der Waals surface area contributed by atoms with Crippen LogP contribution < -0.4 is 33.2 Å². The highest BCUT2D eigenvalue weighted by atomic mass is 32.1. The SMILES string of the molecule is CC(O)C(NC(=O)C(Cc1cnc[nH]1)NC(=O)C(CCCN=C(N)N)NC(=O)C(N)CS)C(=O)O. The molecule has 196 valence electrons. The number of aliphatic hydroxyl groups excluding tert-OH is 1. The molecule has 1 aromatic rings. The molecule has 0 fully saturated rings. The van der Waals surface area contributed by atoms with Crippen molar-refractivity contribution in [3.63, 3.8) is 0 Å². The van der Waals surface area contributed by atoms with Crippen LogP contribution >= 0.6 is 12.6 Å². The molecule has 5 atom stereocenters.